The number of rotatable bonds is 6. The van der Waals surface area contributed by atoms with E-state index in [2.05, 4.69) is 22.4 Å². The third-order valence-electron chi connectivity index (χ3n) is 2.84. The number of aromatic nitrogens is 2. The Hall–Kier alpha value is -1.88. The van der Waals surface area contributed by atoms with Gasteiger partial charge in [-0.2, -0.15) is 4.98 Å². The standard InChI is InChI=1S/C14H19N3O2/c1-10-5-4-6-12(7-10)18-9-14-16-13(17-19-14)8-11(2)15-3/h4-7,11,15H,8-9H2,1-3H3. The van der Waals surface area contributed by atoms with Gasteiger partial charge >= 0.3 is 0 Å². The maximum absolute atomic E-state index is 5.61. The van der Waals surface area contributed by atoms with Crippen molar-refractivity contribution in [2.45, 2.75) is 32.9 Å². The third kappa shape index (κ3) is 4.06. The van der Waals surface area contributed by atoms with E-state index in [1.807, 2.05) is 38.2 Å². The van der Waals surface area contributed by atoms with Crippen LogP contribution in [0.2, 0.25) is 0 Å². The highest BCUT2D eigenvalue weighted by atomic mass is 16.5. The number of hydrogen-bond donors (Lipinski definition) is 1. The molecule has 0 aliphatic carbocycles. The van der Waals surface area contributed by atoms with Gasteiger partial charge in [0.15, 0.2) is 12.4 Å². The van der Waals surface area contributed by atoms with Crippen LogP contribution in [0.4, 0.5) is 0 Å². The molecular formula is C14H19N3O2. The first-order valence-electron chi connectivity index (χ1n) is 6.35. The summed E-state index contributed by atoms with van der Waals surface area (Å²) >= 11 is 0. The van der Waals surface area contributed by atoms with Crippen LogP contribution in [0, 0.1) is 6.92 Å². The number of nitrogens with one attached hydrogen (secondary N) is 1. The predicted octanol–water partition coefficient (Wildman–Crippen LogP) is 2.11. The molecule has 0 aliphatic rings. The summed E-state index contributed by atoms with van der Waals surface area (Å²) in [6.45, 7) is 4.39. The lowest BCUT2D eigenvalue weighted by Crippen LogP contribution is -2.24. The fraction of sp³-hybridized carbons (Fsp3) is 0.429. The molecule has 2 rings (SSSR count). The lowest BCUT2D eigenvalue weighted by atomic mass is 10.2. The Morgan fingerprint density at radius 1 is 1.42 bits per heavy atom. The zero-order valence-electron chi connectivity index (χ0n) is 11.5. The zero-order chi connectivity index (χ0) is 13.7. The van der Waals surface area contributed by atoms with Gasteiger partial charge in [-0.3, -0.25) is 0 Å². The monoisotopic (exact) mass is 261 g/mol. The molecular weight excluding hydrogens is 242 g/mol. The summed E-state index contributed by atoms with van der Waals surface area (Å²) < 4.78 is 10.8. The smallest absolute Gasteiger partial charge is 0.264 e. The number of aryl methyl sites for hydroxylation is 1. The summed E-state index contributed by atoms with van der Waals surface area (Å²) in [5.74, 6) is 2.01. The predicted molar refractivity (Wildman–Crippen MR) is 72.0 cm³/mol. The van der Waals surface area contributed by atoms with Crippen LogP contribution in [0.25, 0.3) is 0 Å². The SMILES string of the molecule is CNC(C)Cc1noc(COc2cccc(C)c2)n1. The van der Waals surface area contributed by atoms with E-state index in [0.29, 0.717) is 24.4 Å². The molecule has 0 saturated carbocycles. The van der Waals surface area contributed by atoms with Gasteiger partial charge in [0.05, 0.1) is 0 Å². The Labute approximate surface area is 113 Å². The number of likely N-dealkylation sites (N-methyl/N-ethyl adjacent to an activating group) is 1. The lowest BCUT2D eigenvalue weighted by molar-refractivity contribution is 0.242. The van der Waals surface area contributed by atoms with Crippen LogP contribution in [0.3, 0.4) is 0 Å². The number of ether oxygens (including phenoxy) is 1. The van der Waals surface area contributed by atoms with Gasteiger partial charge in [-0.1, -0.05) is 17.3 Å². The van der Waals surface area contributed by atoms with E-state index >= 15 is 0 Å². The minimum Gasteiger partial charge on any atom is -0.484 e. The van der Waals surface area contributed by atoms with E-state index in [1.165, 1.54) is 0 Å². The normalized spacial score (nSPS) is 12.4. The minimum atomic E-state index is 0.296. The molecule has 2 aromatic rings. The first kappa shape index (κ1) is 13.5. The maximum atomic E-state index is 5.61. The van der Waals surface area contributed by atoms with Crippen molar-refractivity contribution in [3.05, 3.63) is 41.5 Å². The van der Waals surface area contributed by atoms with Crippen molar-refractivity contribution < 1.29 is 9.26 Å². The Bertz CT molecular complexity index is 525. The van der Waals surface area contributed by atoms with Crippen LogP contribution < -0.4 is 10.1 Å². The van der Waals surface area contributed by atoms with Crippen molar-refractivity contribution in [2.75, 3.05) is 7.05 Å². The van der Waals surface area contributed by atoms with Crippen molar-refractivity contribution in [1.29, 1.82) is 0 Å². The second-order valence-electron chi connectivity index (χ2n) is 4.60. The summed E-state index contributed by atoms with van der Waals surface area (Å²) in [6.07, 6.45) is 0.741. The fourth-order valence-corrected chi connectivity index (χ4v) is 1.66. The summed E-state index contributed by atoms with van der Waals surface area (Å²) in [7, 11) is 1.91. The van der Waals surface area contributed by atoms with Crippen molar-refractivity contribution in [3.8, 4) is 5.75 Å². The lowest BCUT2D eigenvalue weighted by Gasteiger charge is -2.05. The van der Waals surface area contributed by atoms with Gasteiger partial charge in [0.2, 0.25) is 0 Å². The van der Waals surface area contributed by atoms with E-state index in [1.54, 1.807) is 0 Å². The molecule has 1 heterocycles. The van der Waals surface area contributed by atoms with Gasteiger partial charge in [0.1, 0.15) is 5.75 Å². The molecule has 5 heteroatoms. The number of nitrogens with zero attached hydrogens (tertiary/aromatic N) is 2. The topological polar surface area (TPSA) is 60.2 Å². The van der Waals surface area contributed by atoms with Gasteiger partial charge < -0.3 is 14.6 Å². The van der Waals surface area contributed by atoms with Crippen LogP contribution in [0.15, 0.2) is 28.8 Å². The van der Waals surface area contributed by atoms with Crippen LogP contribution in [0.1, 0.15) is 24.2 Å². The summed E-state index contributed by atoms with van der Waals surface area (Å²) in [4.78, 5) is 4.29. The molecule has 0 aliphatic heterocycles. The van der Waals surface area contributed by atoms with Crippen molar-refractivity contribution >= 4 is 0 Å². The zero-order valence-corrected chi connectivity index (χ0v) is 11.5. The van der Waals surface area contributed by atoms with Gasteiger partial charge in [0, 0.05) is 12.5 Å². The van der Waals surface area contributed by atoms with Crippen LogP contribution in [-0.4, -0.2) is 23.2 Å². The molecule has 0 saturated heterocycles. The Balaban J connectivity index is 1.90. The second kappa shape index (κ2) is 6.33. The van der Waals surface area contributed by atoms with Gasteiger partial charge in [0.25, 0.3) is 5.89 Å². The van der Waals surface area contributed by atoms with E-state index < -0.39 is 0 Å². The van der Waals surface area contributed by atoms with Crippen molar-refractivity contribution in [2.24, 2.45) is 0 Å². The highest BCUT2D eigenvalue weighted by molar-refractivity contribution is 5.27. The molecule has 1 N–H and O–H groups in total. The molecule has 1 unspecified atom stereocenters. The van der Waals surface area contributed by atoms with E-state index in [9.17, 15) is 0 Å². The average Bonchev–Trinajstić information content (AvgIpc) is 2.84. The highest BCUT2D eigenvalue weighted by Gasteiger charge is 2.09. The van der Waals surface area contributed by atoms with Crippen LogP contribution in [0.5, 0.6) is 5.75 Å². The minimum absolute atomic E-state index is 0.296. The molecule has 0 amide bonds. The number of hydrogen-bond acceptors (Lipinski definition) is 5. The van der Waals surface area contributed by atoms with Crippen molar-refractivity contribution in [3.63, 3.8) is 0 Å². The molecule has 19 heavy (non-hydrogen) atoms. The molecule has 1 aromatic carbocycles. The second-order valence-corrected chi connectivity index (χ2v) is 4.60. The van der Waals surface area contributed by atoms with Crippen molar-refractivity contribution in [1.82, 2.24) is 15.5 Å². The molecule has 102 valence electrons. The van der Waals surface area contributed by atoms with Crippen LogP contribution >= 0.6 is 0 Å². The summed E-state index contributed by atoms with van der Waals surface area (Å²) in [5, 5.41) is 7.06. The molecule has 1 aromatic heterocycles. The third-order valence-corrected chi connectivity index (χ3v) is 2.84. The quantitative estimate of drug-likeness (QED) is 0.863. The largest absolute Gasteiger partial charge is 0.484 e. The van der Waals surface area contributed by atoms with Gasteiger partial charge in [-0.25, -0.2) is 0 Å². The summed E-state index contributed by atoms with van der Waals surface area (Å²) in [5.41, 5.74) is 1.16. The highest BCUT2D eigenvalue weighted by Crippen LogP contribution is 2.14. The van der Waals surface area contributed by atoms with E-state index in [0.717, 1.165) is 17.7 Å². The Morgan fingerprint density at radius 3 is 3.00 bits per heavy atom. The van der Waals surface area contributed by atoms with E-state index in [-0.39, 0.29) is 0 Å². The molecule has 0 fully saturated rings. The van der Waals surface area contributed by atoms with Crippen LogP contribution in [-0.2, 0) is 13.0 Å². The number of benzene rings is 1. The molecule has 0 radical (unpaired) electrons. The molecule has 0 spiro atoms. The Morgan fingerprint density at radius 2 is 2.26 bits per heavy atom. The first-order chi connectivity index (χ1) is 9.17. The van der Waals surface area contributed by atoms with Gasteiger partial charge in [-0.05, 0) is 38.6 Å². The maximum Gasteiger partial charge on any atom is 0.264 e. The molecule has 0 bridgehead atoms. The fourth-order valence-electron chi connectivity index (χ4n) is 1.66. The Kier molecular flexibility index (Phi) is 4.52. The molecule has 5 nitrogen and oxygen atoms in total. The first-order valence-corrected chi connectivity index (χ1v) is 6.35. The average molecular weight is 261 g/mol. The summed E-state index contributed by atoms with van der Waals surface area (Å²) in [6, 6.07) is 8.19. The van der Waals surface area contributed by atoms with E-state index in [4.69, 9.17) is 9.26 Å². The molecule has 1 atom stereocenters. The van der Waals surface area contributed by atoms with Gasteiger partial charge in [-0.15, -0.1) is 0 Å².